The highest BCUT2D eigenvalue weighted by Crippen LogP contribution is 2.35. The van der Waals surface area contributed by atoms with Crippen LogP contribution in [0.15, 0.2) is 53.2 Å². The largest absolute Gasteiger partial charge is 0.490 e. The van der Waals surface area contributed by atoms with Crippen molar-refractivity contribution in [2.75, 3.05) is 13.2 Å². The first kappa shape index (κ1) is 19.4. The molecule has 5 nitrogen and oxygen atoms in total. The highest BCUT2D eigenvalue weighted by molar-refractivity contribution is 14.1. The zero-order chi connectivity index (χ0) is 19.2. The number of carbonyl (C=O) groups is 1. The predicted octanol–water partition coefficient (Wildman–Crippen LogP) is 4.82. The Balaban J connectivity index is 1.94. The third-order valence-electron chi connectivity index (χ3n) is 3.73. The van der Waals surface area contributed by atoms with Crippen LogP contribution in [0.5, 0.6) is 11.5 Å². The van der Waals surface area contributed by atoms with Crippen molar-refractivity contribution in [1.82, 2.24) is 0 Å². The summed E-state index contributed by atoms with van der Waals surface area (Å²) in [7, 11) is 0. The average molecular weight is 477 g/mol. The molecule has 0 aliphatic carbocycles. The summed E-state index contributed by atoms with van der Waals surface area (Å²) in [6, 6.07) is 13.1. The van der Waals surface area contributed by atoms with Gasteiger partial charge in [-0.25, -0.2) is 9.79 Å². The lowest BCUT2D eigenvalue weighted by molar-refractivity contribution is -0.129. The Bertz CT molecular complexity index is 891. The van der Waals surface area contributed by atoms with Crippen molar-refractivity contribution in [2.24, 2.45) is 4.99 Å². The van der Waals surface area contributed by atoms with Crippen molar-refractivity contribution >= 4 is 40.5 Å². The van der Waals surface area contributed by atoms with E-state index in [1.54, 1.807) is 6.08 Å². The van der Waals surface area contributed by atoms with Gasteiger partial charge in [0.05, 0.1) is 16.8 Å². The van der Waals surface area contributed by atoms with Crippen molar-refractivity contribution in [3.8, 4) is 11.5 Å². The quantitative estimate of drug-likeness (QED) is 0.326. The molecule has 0 saturated carbocycles. The van der Waals surface area contributed by atoms with Gasteiger partial charge in [0, 0.05) is 5.56 Å². The first-order chi connectivity index (χ1) is 13.1. The molecule has 1 heterocycles. The smallest absolute Gasteiger partial charge is 0.363 e. The molecule has 6 heteroatoms. The van der Waals surface area contributed by atoms with E-state index >= 15 is 0 Å². The van der Waals surface area contributed by atoms with E-state index in [2.05, 4.69) is 34.5 Å². The standard InChI is InChI=1S/C21H20INO4/c1-3-10-26-19-16(22)11-14(13-18(19)25-4-2)12-17-21(24)27-20(23-17)15-8-6-5-7-9-15/h5-9,11-13H,3-4,10H2,1-2H3/b17-12-. The molecule has 0 fully saturated rings. The van der Waals surface area contributed by atoms with Crippen molar-refractivity contribution in [1.29, 1.82) is 0 Å². The number of nitrogens with zero attached hydrogens (tertiary/aromatic N) is 1. The zero-order valence-corrected chi connectivity index (χ0v) is 17.4. The number of rotatable bonds is 7. The van der Waals surface area contributed by atoms with E-state index in [1.807, 2.05) is 49.4 Å². The monoisotopic (exact) mass is 477 g/mol. The number of aliphatic imine (C=N–C) groups is 1. The fourth-order valence-electron chi connectivity index (χ4n) is 2.55. The molecule has 1 aliphatic heterocycles. The minimum absolute atomic E-state index is 0.259. The molecule has 0 atom stereocenters. The van der Waals surface area contributed by atoms with Gasteiger partial charge in [-0.05, 0) is 71.8 Å². The third-order valence-corrected chi connectivity index (χ3v) is 4.53. The highest BCUT2D eigenvalue weighted by Gasteiger charge is 2.24. The molecule has 2 aromatic carbocycles. The molecule has 0 amide bonds. The Morgan fingerprint density at radius 1 is 1.15 bits per heavy atom. The maximum absolute atomic E-state index is 12.2. The molecule has 27 heavy (non-hydrogen) atoms. The van der Waals surface area contributed by atoms with E-state index in [0.29, 0.717) is 24.9 Å². The van der Waals surface area contributed by atoms with Gasteiger partial charge in [-0.1, -0.05) is 25.1 Å². The number of esters is 1. The average Bonchev–Trinajstić information content (AvgIpc) is 3.03. The van der Waals surface area contributed by atoms with Crippen LogP contribution in [-0.2, 0) is 9.53 Å². The first-order valence-electron chi connectivity index (χ1n) is 8.79. The normalized spacial score (nSPS) is 14.9. The van der Waals surface area contributed by atoms with Crippen molar-refractivity contribution in [3.63, 3.8) is 0 Å². The second-order valence-electron chi connectivity index (χ2n) is 5.81. The third kappa shape index (κ3) is 4.68. The van der Waals surface area contributed by atoms with Gasteiger partial charge in [-0.15, -0.1) is 0 Å². The summed E-state index contributed by atoms with van der Waals surface area (Å²) in [5.74, 6) is 1.23. The number of ether oxygens (including phenoxy) is 3. The van der Waals surface area contributed by atoms with Crippen LogP contribution in [0.2, 0.25) is 0 Å². The number of cyclic esters (lactones) is 1. The van der Waals surface area contributed by atoms with Crippen LogP contribution in [0.25, 0.3) is 6.08 Å². The van der Waals surface area contributed by atoms with E-state index in [9.17, 15) is 4.79 Å². The molecule has 140 valence electrons. The lowest BCUT2D eigenvalue weighted by atomic mass is 10.1. The van der Waals surface area contributed by atoms with Crippen LogP contribution >= 0.6 is 22.6 Å². The molecule has 0 N–H and O–H groups in total. The molecule has 0 unspecified atom stereocenters. The van der Waals surface area contributed by atoms with Crippen LogP contribution in [0.3, 0.4) is 0 Å². The van der Waals surface area contributed by atoms with E-state index in [0.717, 1.165) is 26.9 Å². The van der Waals surface area contributed by atoms with Crippen LogP contribution in [0.4, 0.5) is 0 Å². The van der Waals surface area contributed by atoms with Crippen LogP contribution in [0.1, 0.15) is 31.4 Å². The Hall–Kier alpha value is -2.35. The SMILES string of the molecule is CCCOc1c(I)cc(/C=C2\N=C(c3ccccc3)OC2=O)cc1OCC. The Morgan fingerprint density at radius 2 is 1.93 bits per heavy atom. The fraction of sp³-hybridized carbons (Fsp3) is 0.238. The summed E-state index contributed by atoms with van der Waals surface area (Å²) >= 11 is 2.21. The molecule has 0 spiro atoms. The molecule has 2 aromatic rings. The second kappa shape index (κ2) is 9.03. The van der Waals surface area contributed by atoms with E-state index in [-0.39, 0.29) is 5.70 Å². The lowest BCUT2D eigenvalue weighted by Crippen LogP contribution is -2.05. The maximum Gasteiger partial charge on any atom is 0.363 e. The zero-order valence-electron chi connectivity index (χ0n) is 15.2. The fourth-order valence-corrected chi connectivity index (χ4v) is 3.33. The summed E-state index contributed by atoms with van der Waals surface area (Å²) in [5.41, 5.74) is 1.83. The summed E-state index contributed by atoms with van der Waals surface area (Å²) in [6.45, 7) is 5.12. The molecular formula is C21H20INO4. The summed E-state index contributed by atoms with van der Waals surface area (Å²) in [5, 5.41) is 0. The van der Waals surface area contributed by atoms with Gasteiger partial charge < -0.3 is 14.2 Å². The van der Waals surface area contributed by atoms with Crippen molar-refractivity contribution in [2.45, 2.75) is 20.3 Å². The van der Waals surface area contributed by atoms with Gasteiger partial charge in [-0.3, -0.25) is 0 Å². The molecule has 1 aliphatic rings. The van der Waals surface area contributed by atoms with Crippen LogP contribution in [-0.4, -0.2) is 25.1 Å². The van der Waals surface area contributed by atoms with Gasteiger partial charge in [0.25, 0.3) is 0 Å². The lowest BCUT2D eigenvalue weighted by Gasteiger charge is -2.14. The van der Waals surface area contributed by atoms with Crippen LogP contribution in [0, 0.1) is 3.57 Å². The molecule has 0 aromatic heterocycles. The van der Waals surface area contributed by atoms with E-state index < -0.39 is 5.97 Å². The molecule has 0 radical (unpaired) electrons. The predicted molar refractivity (Wildman–Crippen MR) is 113 cm³/mol. The van der Waals surface area contributed by atoms with Crippen LogP contribution < -0.4 is 9.47 Å². The maximum atomic E-state index is 12.2. The first-order valence-corrected chi connectivity index (χ1v) is 9.87. The van der Waals surface area contributed by atoms with Gasteiger partial charge in [-0.2, -0.15) is 0 Å². The van der Waals surface area contributed by atoms with E-state index in [1.165, 1.54) is 0 Å². The Kier molecular flexibility index (Phi) is 6.49. The Labute approximate surface area is 172 Å². The minimum atomic E-state index is -0.465. The molecular weight excluding hydrogens is 457 g/mol. The Morgan fingerprint density at radius 3 is 2.63 bits per heavy atom. The number of hydrogen-bond donors (Lipinski definition) is 0. The van der Waals surface area contributed by atoms with Crippen molar-refractivity contribution < 1.29 is 19.0 Å². The summed E-state index contributed by atoms with van der Waals surface area (Å²) < 4.78 is 17.8. The number of carbonyl (C=O) groups excluding carboxylic acids is 1. The molecule has 0 saturated heterocycles. The number of halogens is 1. The number of hydrogen-bond acceptors (Lipinski definition) is 5. The summed E-state index contributed by atoms with van der Waals surface area (Å²) in [6.07, 6.45) is 2.61. The van der Waals surface area contributed by atoms with E-state index in [4.69, 9.17) is 14.2 Å². The van der Waals surface area contributed by atoms with Crippen molar-refractivity contribution in [3.05, 3.63) is 62.9 Å². The highest BCUT2D eigenvalue weighted by atomic mass is 127. The topological polar surface area (TPSA) is 57.1 Å². The van der Waals surface area contributed by atoms with Gasteiger partial charge >= 0.3 is 5.97 Å². The molecule has 0 bridgehead atoms. The second-order valence-corrected chi connectivity index (χ2v) is 6.98. The van der Waals surface area contributed by atoms with Gasteiger partial charge in [0.2, 0.25) is 5.90 Å². The summed E-state index contributed by atoms with van der Waals surface area (Å²) in [4.78, 5) is 16.5. The van der Waals surface area contributed by atoms with Gasteiger partial charge in [0.1, 0.15) is 0 Å². The van der Waals surface area contributed by atoms with Gasteiger partial charge in [0.15, 0.2) is 17.2 Å². The minimum Gasteiger partial charge on any atom is -0.490 e. The molecule has 3 rings (SSSR count). The number of benzene rings is 2.